The number of carbonyl (C=O) groups excluding carboxylic acids is 1. The number of nitrogens with one attached hydrogen (secondary N) is 1. The number of hydrogen-bond donors (Lipinski definition) is 2. The monoisotopic (exact) mass is 311 g/mol. The van der Waals surface area contributed by atoms with Crippen molar-refractivity contribution in [3.63, 3.8) is 0 Å². The fraction of sp³-hybridized carbons (Fsp3) is 0.500. The molecule has 2 N–H and O–H groups in total. The van der Waals surface area contributed by atoms with Gasteiger partial charge in [-0.3, -0.25) is 9.59 Å². The molecule has 1 aliphatic carbocycles. The average molecular weight is 311 g/mol. The fourth-order valence-corrected chi connectivity index (χ4v) is 2.71. The Morgan fingerprint density at radius 2 is 1.91 bits per heavy atom. The summed E-state index contributed by atoms with van der Waals surface area (Å²) in [6, 6.07) is 2.63. The topological polar surface area (TPSA) is 66.4 Å². The molecule has 22 heavy (non-hydrogen) atoms. The Bertz CT molecular complexity index is 599. The molecule has 1 saturated carbocycles. The van der Waals surface area contributed by atoms with E-state index in [0.29, 0.717) is 12.8 Å². The first-order valence-corrected chi connectivity index (χ1v) is 7.27. The van der Waals surface area contributed by atoms with Crippen LogP contribution in [0, 0.1) is 17.6 Å². The number of aliphatic carboxylic acids is 1. The number of hydrogen-bond acceptors (Lipinski definition) is 2. The normalized spacial score (nSPS) is 18.9. The minimum Gasteiger partial charge on any atom is -0.481 e. The van der Waals surface area contributed by atoms with Crippen molar-refractivity contribution in [1.82, 2.24) is 5.32 Å². The molecule has 0 bridgehead atoms. The molecule has 0 heterocycles. The third-order valence-electron chi connectivity index (χ3n) is 4.59. The second-order valence-electron chi connectivity index (χ2n) is 5.95. The molecule has 1 fully saturated rings. The number of benzene rings is 1. The molecular weight excluding hydrogens is 292 g/mol. The Kier molecular flexibility index (Phi) is 4.49. The smallest absolute Gasteiger partial charge is 0.308 e. The van der Waals surface area contributed by atoms with Crippen LogP contribution in [0.15, 0.2) is 18.2 Å². The highest BCUT2D eigenvalue weighted by Crippen LogP contribution is 2.45. The number of halogens is 2. The van der Waals surface area contributed by atoms with E-state index in [1.165, 1.54) is 13.0 Å². The largest absolute Gasteiger partial charge is 0.481 e. The van der Waals surface area contributed by atoms with Gasteiger partial charge in [-0.2, -0.15) is 0 Å². The van der Waals surface area contributed by atoms with Gasteiger partial charge in [0, 0.05) is 17.7 Å². The van der Waals surface area contributed by atoms with Crippen molar-refractivity contribution in [2.45, 2.75) is 44.6 Å². The predicted molar refractivity (Wildman–Crippen MR) is 76.3 cm³/mol. The molecular formula is C16H19F2NO3. The third-order valence-corrected chi connectivity index (χ3v) is 4.59. The van der Waals surface area contributed by atoms with Crippen LogP contribution < -0.4 is 5.32 Å². The molecule has 0 aromatic heterocycles. The maximum absolute atomic E-state index is 14.0. The van der Waals surface area contributed by atoms with E-state index in [0.717, 1.165) is 18.6 Å². The van der Waals surface area contributed by atoms with Crippen LogP contribution in [0.25, 0.3) is 0 Å². The Hall–Kier alpha value is -1.98. The number of rotatable bonds is 5. The lowest BCUT2D eigenvalue weighted by atomic mass is 9.63. The highest BCUT2D eigenvalue weighted by atomic mass is 19.1. The molecule has 2 unspecified atom stereocenters. The lowest BCUT2D eigenvalue weighted by Gasteiger charge is -2.41. The maximum atomic E-state index is 14.0. The molecule has 1 aromatic carbocycles. The van der Waals surface area contributed by atoms with Crippen LogP contribution in [0.5, 0.6) is 0 Å². The molecule has 2 atom stereocenters. The lowest BCUT2D eigenvalue weighted by molar-refractivity contribution is -0.142. The summed E-state index contributed by atoms with van der Waals surface area (Å²) in [6.07, 6.45) is 1.71. The Balaban J connectivity index is 2.23. The highest BCUT2D eigenvalue weighted by Gasteiger charge is 2.47. The zero-order valence-electron chi connectivity index (χ0n) is 12.5. The molecule has 0 spiro atoms. The van der Waals surface area contributed by atoms with Gasteiger partial charge in [-0.05, 0) is 32.8 Å². The molecule has 6 heteroatoms. The van der Waals surface area contributed by atoms with Crippen molar-refractivity contribution < 1.29 is 23.5 Å². The van der Waals surface area contributed by atoms with Crippen LogP contribution in [0.4, 0.5) is 8.78 Å². The van der Waals surface area contributed by atoms with Gasteiger partial charge in [0.1, 0.15) is 11.6 Å². The van der Waals surface area contributed by atoms with Gasteiger partial charge >= 0.3 is 5.97 Å². The molecule has 0 saturated heterocycles. The van der Waals surface area contributed by atoms with E-state index in [9.17, 15) is 18.4 Å². The lowest BCUT2D eigenvalue weighted by Crippen LogP contribution is -2.53. The van der Waals surface area contributed by atoms with E-state index in [2.05, 4.69) is 5.32 Å². The molecule has 0 aliphatic heterocycles. The second-order valence-corrected chi connectivity index (χ2v) is 5.95. The van der Waals surface area contributed by atoms with Crippen LogP contribution in [0.3, 0.4) is 0 Å². The van der Waals surface area contributed by atoms with Crippen LogP contribution >= 0.6 is 0 Å². The number of carbonyl (C=O) groups is 2. The zero-order chi connectivity index (χ0) is 16.5. The fourth-order valence-electron chi connectivity index (χ4n) is 2.71. The van der Waals surface area contributed by atoms with Gasteiger partial charge < -0.3 is 10.4 Å². The van der Waals surface area contributed by atoms with Gasteiger partial charge in [-0.15, -0.1) is 0 Å². The maximum Gasteiger partial charge on any atom is 0.308 e. The summed E-state index contributed by atoms with van der Waals surface area (Å²) in [5.41, 5.74) is -0.850. The van der Waals surface area contributed by atoms with Crippen molar-refractivity contribution in [2.24, 2.45) is 5.92 Å². The molecule has 1 aliphatic rings. The average Bonchev–Trinajstić information content (AvgIpc) is 2.38. The first kappa shape index (κ1) is 16.4. The van der Waals surface area contributed by atoms with Crippen LogP contribution in [-0.2, 0) is 15.0 Å². The number of amides is 1. The van der Waals surface area contributed by atoms with E-state index in [4.69, 9.17) is 5.11 Å². The van der Waals surface area contributed by atoms with Crippen molar-refractivity contribution in [3.8, 4) is 0 Å². The quantitative estimate of drug-likeness (QED) is 0.878. The van der Waals surface area contributed by atoms with Crippen LogP contribution in [0.1, 0.15) is 38.7 Å². The molecule has 1 amide bonds. The summed E-state index contributed by atoms with van der Waals surface area (Å²) in [5, 5.41) is 11.6. The number of carboxylic acids is 1. The minimum absolute atomic E-state index is 0.174. The first-order valence-electron chi connectivity index (χ1n) is 7.27. The van der Waals surface area contributed by atoms with Gasteiger partial charge in [0.15, 0.2) is 0 Å². The Morgan fingerprint density at radius 3 is 2.36 bits per heavy atom. The first-order chi connectivity index (χ1) is 10.3. The summed E-state index contributed by atoms with van der Waals surface area (Å²) in [4.78, 5) is 23.5. The van der Waals surface area contributed by atoms with Crippen molar-refractivity contribution in [2.75, 3.05) is 0 Å². The van der Waals surface area contributed by atoms with Crippen molar-refractivity contribution in [1.29, 1.82) is 0 Å². The standard InChI is InChI=1S/C16H19F2NO3/c1-9(14(20)21)10(2)19-15(22)16(6-3-7-16)12-5-4-11(17)8-13(12)18/h4-5,8-10H,3,6-7H2,1-2H3,(H,19,22)(H,20,21). The summed E-state index contributed by atoms with van der Waals surface area (Å²) in [6.45, 7) is 3.10. The van der Waals surface area contributed by atoms with E-state index in [1.54, 1.807) is 6.92 Å². The van der Waals surface area contributed by atoms with Gasteiger partial charge in [0.2, 0.25) is 5.91 Å². The third kappa shape index (κ3) is 2.82. The summed E-state index contributed by atoms with van der Waals surface area (Å²) in [7, 11) is 0. The van der Waals surface area contributed by atoms with Crippen LogP contribution in [-0.4, -0.2) is 23.0 Å². The van der Waals surface area contributed by atoms with Crippen molar-refractivity contribution >= 4 is 11.9 Å². The summed E-state index contributed by atoms with van der Waals surface area (Å²) in [5.74, 6) is -3.59. The number of carboxylic acid groups (broad SMARTS) is 1. The van der Waals surface area contributed by atoms with Crippen molar-refractivity contribution in [3.05, 3.63) is 35.4 Å². The van der Waals surface area contributed by atoms with E-state index >= 15 is 0 Å². The van der Waals surface area contributed by atoms with E-state index < -0.39 is 40.9 Å². The van der Waals surface area contributed by atoms with Gasteiger partial charge in [-0.1, -0.05) is 12.5 Å². The van der Waals surface area contributed by atoms with Gasteiger partial charge in [0.05, 0.1) is 11.3 Å². The summed E-state index contributed by atoms with van der Waals surface area (Å²) >= 11 is 0. The summed E-state index contributed by atoms with van der Waals surface area (Å²) < 4.78 is 27.1. The molecule has 1 aromatic rings. The highest BCUT2D eigenvalue weighted by molar-refractivity contribution is 5.90. The Labute approximate surface area is 127 Å². The van der Waals surface area contributed by atoms with Gasteiger partial charge in [0.25, 0.3) is 0 Å². The second kappa shape index (κ2) is 6.02. The minimum atomic E-state index is -1.02. The molecule has 4 nitrogen and oxygen atoms in total. The molecule has 2 rings (SSSR count). The van der Waals surface area contributed by atoms with E-state index in [-0.39, 0.29) is 5.56 Å². The Morgan fingerprint density at radius 1 is 1.27 bits per heavy atom. The van der Waals surface area contributed by atoms with E-state index in [1.807, 2.05) is 0 Å². The van der Waals surface area contributed by atoms with Gasteiger partial charge in [-0.25, -0.2) is 8.78 Å². The zero-order valence-corrected chi connectivity index (χ0v) is 12.5. The van der Waals surface area contributed by atoms with Crippen LogP contribution in [0.2, 0.25) is 0 Å². The molecule has 0 radical (unpaired) electrons. The SMILES string of the molecule is CC(NC(=O)C1(c2ccc(F)cc2F)CCC1)C(C)C(=O)O. The predicted octanol–water partition coefficient (Wildman–Crippen LogP) is 2.61. The molecule has 120 valence electrons.